The molecule has 0 spiro atoms. The van der Waals surface area contributed by atoms with E-state index in [0.29, 0.717) is 0 Å². The average molecular weight is 247 g/mol. The highest BCUT2D eigenvalue weighted by molar-refractivity contribution is 7.90. The molecule has 2 N–H and O–H groups in total. The van der Waals surface area contributed by atoms with Crippen molar-refractivity contribution in [2.75, 3.05) is 25.2 Å². The normalized spacial score (nSPS) is 11.6. The van der Waals surface area contributed by atoms with Gasteiger partial charge in [-0.25, -0.2) is 12.8 Å². The molecule has 6 heteroatoms. The van der Waals surface area contributed by atoms with Crippen LogP contribution >= 0.6 is 0 Å². The van der Waals surface area contributed by atoms with Crippen LogP contribution in [-0.4, -0.2) is 27.9 Å². The summed E-state index contributed by atoms with van der Waals surface area (Å²) in [7, 11) is -1.98. The van der Waals surface area contributed by atoms with E-state index < -0.39 is 21.4 Å². The van der Waals surface area contributed by atoms with Crippen LogP contribution in [0.1, 0.15) is 5.56 Å². The lowest BCUT2D eigenvalue weighted by molar-refractivity contribution is 0.217. The Hall–Kier alpha value is -1.14. The van der Waals surface area contributed by atoms with Crippen LogP contribution in [0.4, 0.5) is 10.1 Å². The first-order chi connectivity index (χ1) is 7.46. The Morgan fingerprint density at radius 3 is 2.69 bits per heavy atom. The first kappa shape index (κ1) is 12.9. The second-order valence-corrected chi connectivity index (χ2v) is 5.58. The number of anilines is 1. The maximum atomic E-state index is 13.3. The lowest BCUT2D eigenvalue weighted by atomic mass is 10.2. The van der Waals surface area contributed by atoms with Crippen LogP contribution in [-0.2, 0) is 20.3 Å². The number of methoxy groups -OCH3 is 1. The Labute approximate surface area is 94.1 Å². The Morgan fingerprint density at radius 1 is 1.44 bits per heavy atom. The predicted octanol–water partition coefficient (Wildman–Crippen LogP) is 0.969. The molecule has 4 nitrogen and oxygen atoms in total. The van der Waals surface area contributed by atoms with Gasteiger partial charge in [-0.2, -0.15) is 0 Å². The molecule has 1 aromatic rings. The van der Waals surface area contributed by atoms with Crippen LogP contribution in [0.5, 0.6) is 0 Å². The standard InChI is InChI=1S/C10H14FNO3S/c1-15-5-6-16(13,14)7-8-9(11)3-2-4-10(8)12/h2-4H,5-7,12H2,1H3. The monoisotopic (exact) mass is 247 g/mol. The topological polar surface area (TPSA) is 69.4 Å². The zero-order valence-corrected chi connectivity index (χ0v) is 9.76. The van der Waals surface area contributed by atoms with Crippen molar-refractivity contribution < 1.29 is 17.5 Å². The van der Waals surface area contributed by atoms with Crippen molar-refractivity contribution in [1.29, 1.82) is 0 Å². The molecule has 0 aliphatic carbocycles. The number of sulfone groups is 1. The largest absolute Gasteiger partial charge is 0.398 e. The van der Waals surface area contributed by atoms with Crippen LogP contribution in [0.2, 0.25) is 0 Å². The van der Waals surface area contributed by atoms with E-state index in [1.165, 1.54) is 25.3 Å². The molecule has 16 heavy (non-hydrogen) atoms. The third-order valence-electron chi connectivity index (χ3n) is 2.12. The molecule has 0 unspecified atom stereocenters. The van der Waals surface area contributed by atoms with Gasteiger partial charge in [0.05, 0.1) is 18.1 Å². The third kappa shape index (κ3) is 3.46. The average Bonchev–Trinajstić information content (AvgIpc) is 2.21. The molecule has 0 radical (unpaired) electrons. The minimum Gasteiger partial charge on any atom is -0.398 e. The van der Waals surface area contributed by atoms with E-state index in [-0.39, 0.29) is 23.6 Å². The number of nitrogens with two attached hydrogens (primary N) is 1. The highest BCUT2D eigenvalue weighted by Crippen LogP contribution is 2.18. The fourth-order valence-corrected chi connectivity index (χ4v) is 2.54. The number of hydrogen-bond acceptors (Lipinski definition) is 4. The van der Waals surface area contributed by atoms with E-state index in [2.05, 4.69) is 4.74 Å². The van der Waals surface area contributed by atoms with Crippen LogP contribution < -0.4 is 5.73 Å². The number of rotatable bonds is 5. The molecule has 0 amide bonds. The molecule has 1 rings (SSSR count). The Kier molecular flexibility index (Phi) is 4.26. The Bertz CT molecular complexity index is 439. The maximum Gasteiger partial charge on any atom is 0.156 e. The zero-order chi connectivity index (χ0) is 12.2. The van der Waals surface area contributed by atoms with Gasteiger partial charge < -0.3 is 10.5 Å². The van der Waals surface area contributed by atoms with Gasteiger partial charge in [-0.15, -0.1) is 0 Å². The predicted molar refractivity (Wildman–Crippen MR) is 60.2 cm³/mol. The van der Waals surface area contributed by atoms with E-state index in [1.807, 2.05) is 0 Å². The molecule has 0 atom stereocenters. The number of hydrogen-bond donors (Lipinski definition) is 1. The van der Waals surface area contributed by atoms with E-state index in [1.54, 1.807) is 0 Å². The molecule has 0 fully saturated rings. The summed E-state index contributed by atoms with van der Waals surface area (Å²) in [4.78, 5) is 0. The van der Waals surface area contributed by atoms with Crippen molar-refractivity contribution in [3.63, 3.8) is 0 Å². The lowest BCUT2D eigenvalue weighted by Gasteiger charge is -2.07. The highest BCUT2D eigenvalue weighted by atomic mass is 32.2. The maximum absolute atomic E-state index is 13.3. The van der Waals surface area contributed by atoms with E-state index in [9.17, 15) is 12.8 Å². The summed E-state index contributed by atoms with van der Waals surface area (Å²) in [5.74, 6) is -1.13. The van der Waals surface area contributed by atoms with Crippen LogP contribution in [0.15, 0.2) is 18.2 Å². The van der Waals surface area contributed by atoms with Crippen LogP contribution in [0.3, 0.4) is 0 Å². The fraction of sp³-hybridized carbons (Fsp3) is 0.400. The van der Waals surface area contributed by atoms with Crippen LogP contribution in [0.25, 0.3) is 0 Å². The van der Waals surface area contributed by atoms with Gasteiger partial charge in [0.2, 0.25) is 0 Å². The molecule has 0 saturated carbocycles. The summed E-state index contributed by atoms with van der Waals surface area (Å²) in [5, 5.41) is 0. The van der Waals surface area contributed by atoms with Crippen LogP contribution in [0, 0.1) is 5.82 Å². The molecule has 1 aromatic carbocycles. The third-order valence-corrected chi connectivity index (χ3v) is 3.63. The Balaban J connectivity index is 2.88. The van der Waals surface area contributed by atoms with Gasteiger partial charge in [-0.3, -0.25) is 0 Å². The summed E-state index contributed by atoms with van der Waals surface area (Å²) in [5.41, 5.74) is 5.70. The van der Waals surface area contributed by atoms with Crippen molar-refractivity contribution in [2.45, 2.75) is 5.75 Å². The van der Waals surface area contributed by atoms with E-state index in [0.717, 1.165) is 0 Å². The zero-order valence-electron chi connectivity index (χ0n) is 8.94. The van der Waals surface area contributed by atoms with E-state index in [4.69, 9.17) is 5.73 Å². The van der Waals surface area contributed by atoms with Gasteiger partial charge in [0, 0.05) is 18.4 Å². The number of nitrogen functional groups attached to an aromatic ring is 1. The lowest BCUT2D eigenvalue weighted by Crippen LogP contribution is -2.15. The van der Waals surface area contributed by atoms with Crippen molar-refractivity contribution in [1.82, 2.24) is 0 Å². The molecular weight excluding hydrogens is 233 g/mol. The minimum atomic E-state index is -3.39. The summed E-state index contributed by atoms with van der Waals surface area (Å²) in [6, 6.07) is 4.11. The van der Waals surface area contributed by atoms with Gasteiger partial charge in [-0.05, 0) is 12.1 Å². The second kappa shape index (κ2) is 5.27. The molecule has 0 saturated heterocycles. The van der Waals surface area contributed by atoms with Crippen molar-refractivity contribution >= 4 is 15.5 Å². The molecule has 0 bridgehead atoms. The highest BCUT2D eigenvalue weighted by Gasteiger charge is 2.16. The van der Waals surface area contributed by atoms with Gasteiger partial charge >= 0.3 is 0 Å². The van der Waals surface area contributed by atoms with Gasteiger partial charge in [0.25, 0.3) is 0 Å². The Morgan fingerprint density at radius 2 is 2.12 bits per heavy atom. The summed E-state index contributed by atoms with van der Waals surface area (Å²) in [6.07, 6.45) is 0. The molecule has 0 aliphatic heterocycles. The number of benzene rings is 1. The van der Waals surface area contributed by atoms with Crippen molar-refractivity contribution in [3.8, 4) is 0 Å². The molecule has 90 valence electrons. The van der Waals surface area contributed by atoms with E-state index >= 15 is 0 Å². The first-order valence-corrected chi connectivity index (χ1v) is 6.50. The van der Waals surface area contributed by atoms with Crippen molar-refractivity contribution in [2.24, 2.45) is 0 Å². The van der Waals surface area contributed by atoms with Gasteiger partial charge in [0.15, 0.2) is 9.84 Å². The quantitative estimate of drug-likeness (QED) is 0.787. The minimum absolute atomic E-state index is 0.0265. The molecule has 0 aromatic heterocycles. The molecule has 0 aliphatic rings. The van der Waals surface area contributed by atoms with Gasteiger partial charge in [-0.1, -0.05) is 6.07 Å². The summed E-state index contributed by atoms with van der Waals surface area (Å²) < 4.78 is 41.1. The fourth-order valence-electron chi connectivity index (χ4n) is 1.23. The smallest absolute Gasteiger partial charge is 0.156 e. The van der Waals surface area contributed by atoms with Gasteiger partial charge in [0.1, 0.15) is 5.82 Å². The molecular formula is C10H14FNO3S. The summed E-state index contributed by atoms with van der Waals surface area (Å²) in [6.45, 7) is 0.0939. The van der Waals surface area contributed by atoms with Crippen molar-refractivity contribution in [3.05, 3.63) is 29.6 Å². The molecule has 0 heterocycles. The first-order valence-electron chi connectivity index (χ1n) is 4.68. The SMILES string of the molecule is COCCS(=O)(=O)Cc1c(N)cccc1F. The number of ether oxygens (including phenoxy) is 1. The number of halogens is 1. The second-order valence-electron chi connectivity index (χ2n) is 3.39. The summed E-state index contributed by atoms with van der Waals surface area (Å²) >= 11 is 0.